The number of aryl methyl sites for hydroxylation is 1. The number of rotatable bonds is 1. The van der Waals surface area contributed by atoms with E-state index in [9.17, 15) is 13.2 Å². The van der Waals surface area contributed by atoms with Gasteiger partial charge in [-0.15, -0.1) is 0 Å². The van der Waals surface area contributed by atoms with Gasteiger partial charge in [-0.25, -0.2) is 0 Å². The zero-order valence-electron chi connectivity index (χ0n) is 8.73. The number of hydrogen-bond acceptors (Lipinski definition) is 4. The molecule has 0 atom stereocenters. The van der Waals surface area contributed by atoms with Gasteiger partial charge in [0.05, 0.1) is 11.3 Å². The zero-order valence-corrected chi connectivity index (χ0v) is 8.73. The van der Waals surface area contributed by atoms with Gasteiger partial charge in [-0.3, -0.25) is 0 Å². The molecule has 0 aliphatic rings. The van der Waals surface area contributed by atoms with Crippen molar-refractivity contribution in [3.05, 3.63) is 29.3 Å². The maximum atomic E-state index is 12.6. The highest BCUT2D eigenvalue weighted by Crippen LogP contribution is 2.31. The molecule has 0 saturated carbocycles. The number of benzene rings is 1. The number of aromatic nitrogens is 4. The first-order chi connectivity index (χ1) is 7.88. The lowest BCUT2D eigenvalue weighted by Crippen LogP contribution is -2.09. The summed E-state index contributed by atoms with van der Waals surface area (Å²) in [6.45, 7) is 1.55. The fourth-order valence-corrected chi connectivity index (χ4v) is 1.43. The van der Waals surface area contributed by atoms with E-state index < -0.39 is 11.7 Å². The molecule has 0 amide bonds. The van der Waals surface area contributed by atoms with E-state index in [0.29, 0.717) is 5.56 Å². The molecule has 2 aromatic rings. The third kappa shape index (κ3) is 2.19. The summed E-state index contributed by atoms with van der Waals surface area (Å²) in [5.74, 6) is -0.0660. The van der Waals surface area contributed by atoms with Crippen molar-refractivity contribution in [2.45, 2.75) is 13.1 Å². The van der Waals surface area contributed by atoms with Crippen molar-refractivity contribution in [1.29, 1.82) is 0 Å². The second kappa shape index (κ2) is 3.72. The number of alkyl halides is 3. The van der Waals surface area contributed by atoms with Gasteiger partial charge in [-0.1, -0.05) is 5.10 Å². The molecular formula is C9H8F3N5. The Labute approximate surface area is 94.0 Å². The number of tetrazole rings is 1. The van der Waals surface area contributed by atoms with Gasteiger partial charge < -0.3 is 5.73 Å². The van der Waals surface area contributed by atoms with Crippen LogP contribution in [0.25, 0.3) is 5.69 Å². The molecule has 2 rings (SSSR count). The number of nitrogens with two attached hydrogens (primary N) is 1. The van der Waals surface area contributed by atoms with Crippen molar-refractivity contribution < 1.29 is 13.2 Å². The van der Waals surface area contributed by atoms with Crippen LogP contribution in [0.5, 0.6) is 0 Å². The molecule has 0 unspecified atom stereocenters. The Balaban J connectivity index is 2.57. The van der Waals surface area contributed by atoms with Crippen LogP contribution in [0.2, 0.25) is 0 Å². The first kappa shape index (κ1) is 11.4. The Bertz CT molecular complexity index is 546. The molecular weight excluding hydrogens is 235 g/mol. The summed E-state index contributed by atoms with van der Waals surface area (Å²) in [5, 5.41) is 10.2. The molecule has 0 radical (unpaired) electrons. The minimum Gasteiger partial charge on any atom is -0.366 e. The molecule has 2 N–H and O–H groups in total. The predicted molar refractivity (Wildman–Crippen MR) is 53.3 cm³/mol. The molecule has 17 heavy (non-hydrogen) atoms. The SMILES string of the molecule is Cc1cc(-n2nnnc2N)cc(C(F)(F)F)c1. The van der Waals surface area contributed by atoms with Gasteiger partial charge in [0, 0.05) is 0 Å². The quantitative estimate of drug-likeness (QED) is 0.825. The predicted octanol–water partition coefficient (Wildman–Crippen LogP) is 1.57. The fourth-order valence-electron chi connectivity index (χ4n) is 1.43. The van der Waals surface area contributed by atoms with E-state index in [1.54, 1.807) is 6.92 Å². The molecule has 90 valence electrons. The molecule has 8 heteroatoms. The van der Waals surface area contributed by atoms with Gasteiger partial charge in [-0.05, 0) is 41.1 Å². The number of anilines is 1. The highest BCUT2D eigenvalue weighted by molar-refractivity contribution is 5.43. The van der Waals surface area contributed by atoms with E-state index in [4.69, 9.17) is 5.73 Å². The van der Waals surface area contributed by atoms with E-state index in [-0.39, 0.29) is 11.6 Å². The van der Waals surface area contributed by atoms with Crippen LogP contribution >= 0.6 is 0 Å². The number of nitrogens with zero attached hydrogens (tertiary/aromatic N) is 4. The molecule has 0 aliphatic carbocycles. The van der Waals surface area contributed by atoms with Crippen molar-refractivity contribution in [3.63, 3.8) is 0 Å². The smallest absolute Gasteiger partial charge is 0.366 e. The maximum Gasteiger partial charge on any atom is 0.416 e. The van der Waals surface area contributed by atoms with Crippen LogP contribution in [0.3, 0.4) is 0 Å². The van der Waals surface area contributed by atoms with E-state index >= 15 is 0 Å². The second-order valence-corrected chi connectivity index (χ2v) is 3.50. The van der Waals surface area contributed by atoms with Crippen molar-refractivity contribution in [2.75, 3.05) is 5.73 Å². The third-order valence-electron chi connectivity index (χ3n) is 2.13. The topological polar surface area (TPSA) is 69.6 Å². The van der Waals surface area contributed by atoms with Gasteiger partial charge in [0.15, 0.2) is 0 Å². The fraction of sp³-hybridized carbons (Fsp3) is 0.222. The molecule has 0 bridgehead atoms. The molecule has 0 aliphatic heterocycles. The van der Waals surface area contributed by atoms with E-state index in [1.807, 2.05) is 0 Å². The summed E-state index contributed by atoms with van der Waals surface area (Å²) in [4.78, 5) is 0. The monoisotopic (exact) mass is 243 g/mol. The zero-order chi connectivity index (χ0) is 12.6. The average Bonchev–Trinajstić information content (AvgIpc) is 2.62. The minimum atomic E-state index is -4.41. The molecule has 1 heterocycles. The molecule has 0 spiro atoms. The molecule has 1 aromatic carbocycles. The molecule has 0 saturated heterocycles. The van der Waals surface area contributed by atoms with Crippen LogP contribution in [0.1, 0.15) is 11.1 Å². The van der Waals surface area contributed by atoms with Crippen molar-refractivity contribution in [2.24, 2.45) is 0 Å². The normalized spacial score (nSPS) is 11.8. The standard InChI is InChI=1S/C9H8F3N5/c1-5-2-6(9(10,11)12)4-7(3-5)17-8(13)14-15-16-17/h2-4H,1H3,(H2,13,14,16). The lowest BCUT2D eigenvalue weighted by atomic mass is 10.1. The number of halogens is 3. The highest BCUT2D eigenvalue weighted by Gasteiger charge is 2.31. The molecule has 5 nitrogen and oxygen atoms in total. The van der Waals surface area contributed by atoms with Gasteiger partial charge >= 0.3 is 6.18 Å². The van der Waals surface area contributed by atoms with Crippen molar-refractivity contribution >= 4 is 5.95 Å². The van der Waals surface area contributed by atoms with Crippen LogP contribution in [0.15, 0.2) is 18.2 Å². The van der Waals surface area contributed by atoms with Crippen LogP contribution < -0.4 is 5.73 Å². The van der Waals surface area contributed by atoms with E-state index in [1.165, 1.54) is 6.07 Å². The maximum absolute atomic E-state index is 12.6. The summed E-state index contributed by atoms with van der Waals surface area (Å²) < 4.78 is 38.8. The Hall–Kier alpha value is -2.12. The third-order valence-corrected chi connectivity index (χ3v) is 2.13. The summed E-state index contributed by atoms with van der Waals surface area (Å²) in [6.07, 6.45) is -4.41. The summed E-state index contributed by atoms with van der Waals surface area (Å²) in [5.41, 5.74) is 5.29. The Morgan fingerprint density at radius 2 is 1.94 bits per heavy atom. The van der Waals surface area contributed by atoms with Gasteiger partial charge in [0.2, 0.25) is 5.95 Å². The van der Waals surface area contributed by atoms with Crippen molar-refractivity contribution in [1.82, 2.24) is 20.2 Å². The van der Waals surface area contributed by atoms with Crippen LogP contribution in [-0.2, 0) is 6.18 Å². The lowest BCUT2D eigenvalue weighted by molar-refractivity contribution is -0.137. The first-order valence-electron chi connectivity index (χ1n) is 4.61. The number of nitrogen functional groups attached to an aromatic ring is 1. The first-order valence-corrected chi connectivity index (χ1v) is 4.61. The molecule has 0 fully saturated rings. The van der Waals surface area contributed by atoms with Crippen LogP contribution in [-0.4, -0.2) is 20.2 Å². The largest absolute Gasteiger partial charge is 0.416 e. The Morgan fingerprint density at radius 3 is 2.47 bits per heavy atom. The summed E-state index contributed by atoms with van der Waals surface area (Å²) in [7, 11) is 0. The van der Waals surface area contributed by atoms with Gasteiger partial charge in [-0.2, -0.15) is 17.9 Å². The van der Waals surface area contributed by atoms with E-state index in [0.717, 1.165) is 16.8 Å². The van der Waals surface area contributed by atoms with Gasteiger partial charge in [0.1, 0.15) is 0 Å². The lowest BCUT2D eigenvalue weighted by Gasteiger charge is -2.10. The number of hydrogen-bond donors (Lipinski definition) is 1. The van der Waals surface area contributed by atoms with Crippen LogP contribution in [0, 0.1) is 6.92 Å². The summed E-state index contributed by atoms with van der Waals surface area (Å²) >= 11 is 0. The van der Waals surface area contributed by atoms with Crippen LogP contribution in [0.4, 0.5) is 19.1 Å². The molecule has 1 aromatic heterocycles. The summed E-state index contributed by atoms with van der Waals surface area (Å²) in [6, 6.07) is 3.51. The van der Waals surface area contributed by atoms with E-state index in [2.05, 4.69) is 15.5 Å². The van der Waals surface area contributed by atoms with Crippen molar-refractivity contribution in [3.8, 4) is 5.69 Å². The average molecular weight is 243 g/mol. The minimum absolute atomic E-state index is 0.0660. The highest BCUT2D eigenvalue weighted by atomic mass is 19.4. The van der Waals surface area contributed by atoms with Gasteiger partial charge in [0.25, 0.3) is 0 Å². The Morgan fingerprint density at radius 1 is 1.24 bits per heavy atom. The Kier molecular flexibility index (Phi) is 2.49. The second-order valence-electron chi connectivity index (χ2n) is 3.50.